The zero-order valence-electron chi connectivity index (χ0n) is 7.44. The number of carboxylic acid groups (broad SMARTS) is 1. The average Bonchev–Trinajstić information content (AvgIpc) is 2.17. The Bertz CT molecular complexity index is 530. The van der Waals surface area contributed by atoms with Crippen LogP contribution in [0.4, 0.5) is 10.6 Å². The number of aromatic nitrogens is 2. The Morgan fingerprint density at radius 3 is 2.67 bits per heavy atom. The minimum Gasteiger partial charge on any atom is -0.465 e. The lowest BCUT2D eigenvalue weighted by molar-refractivity contribution is 0.209. The Morgan fingerprint density at radius 1 is 1.27 bits per heavy atom. The standard InChI is InChI=1S/C9H6ClN3O2/c10-7-1-5-4-12-8(13-9(14)15)2-6(5)3-11-7/h1-4H,(H,12,13)(H,14,15). The summed E-state index contributed by atoms with van der Waals surface area (Å²) in [6, 6.07) is 3.25. The first-order valence-corrected chi connectivity index (χ1v) is 4.44. The Kier molecular flexibility index (Phi) is 2.39. The van der Waals surface area contributed by atoms with Gasteiger partial charge < -0.3 is 5.11 Å². The molecule has 0 saturated heterocycles. The number of halogens is 1. The summed E-state index contributed by atoms with van der Waals surface area (Å²) in [7, 11) is 0. The second-order valence-electron chi connectivity index (χ2n) is 2.85. The first kappa shape index (κ1) is 9.67. The van der Waals surface area contributed by atoms with Crippen LogP contribution in [0, 0.1) is 0 Å². The van der Waals surface area contributed by atoms with Crippen molar-refractivity contribution in [2.45, 2.75) is 0 Å². The quantitative estimate of drug-likeness (QED) is 0.728. The van der Waals surface area contributed by atoms with Crippen LogP contribution in [0.5, 0.6) is 0 Å². The van der Waals surface area contributed by atoms with Gasteiger partial charge in [-0.15, -0.1) is 0 Å². The van der Waals surface area contributed by atoms with Gasteiger partial charge in [-0.25, -0.2) is 14.8 Å². The highest BCUT2D eigenvalue weighted by Gasteiger charge is 2.01. The van der Waals surface area contributed by atoms with Crippen LogP contribution in [-0.4, -0.2) is 21.2 Å². The molecule has 2 N–H and O–H groups in total. The lowest BCUT2D eigenvalue weighted by Gasteiger charge is -2.01. The maximum Gasteiger partial charge on any atom is 0.410 e. The van der Waals surface area contributed by atoms with E-state index in [-0.39, 0.29) is 5.82 Å². The highest BCUT2D eigenvalue weighted by atomic mass is 35.5. The molecule has 6 heteroatoms. The Labute approximate surface area is 89.7 Å². The van der Waals surface area contributed by atoms with Gasteiger partial charge in [0, 0.05) is 23.2 Å². The molecule has 0 fully saturated rings. The number of hydrogen-bond acceptors (Lipinski definition) is 3. The molecule has 0 aliphatic carbocycles. The highest BCUT2D eigenvalue weighted by Crippen LogP contribution is 2.18. The molecule has 2 heterocycles. The molecule has 0 saturated carbocycles. The van der Waals surface area contributed by atoms with Crippen molar-refractivity contribution in [2.24, 2.45) is 0 Å². The van der Waals surface area contributed by atoms with E-state index in [1.165, 1.54) is 6.20 Å². The summed E-state index contributed by atoms with van der Waals surface area (Å²) in [5.41, 5.74) is 0. The minimum absolute atomic E-state index is 0.263. The number of nitrogens with zero attached hydrogens (tertiary/aromatic N) is 2. The predicted octanol–water partition coefficient (Wildman–Crippen LogP) is 2.37. The highest BCUT2D eigenvalue weighted by molar-refractivity contribution is 6.30. The Balaban J connectivity index is 2.47. The van der Waals surface area contributed by atoms with Crippen LogP contribution < -0.4 is 5.32 Å². The Hall–Kier alpha value is -1.88. The molecule has 1 amide bonds. The molecule has 76 valence electrons. The number of anilines is 1. The van der Waals surface area contributed by atoms with Gasteiger partial charge in [0.15, 0.2) is 0 Å². The van der Waals surface area contributed by atoms with Gasteiger partial charge in [-0.3, -0.25) is 5.32 Å². The average molecular weight is 224 g/mol. The van der Waals surface area contributed by atoms with Crippen LogP contribution >= 0.6 is 11.6 Å². The van der Waals surface area contributed by atoms with Crippen molar-refractivity contribution in [1.82, 2.24) is 9.97 Å². The van der Waals surface area contributed by atoms with Crippen LogP contribution in [0.3, 0.4) is 0 Å². The van der Waals surface area contributed by atoms with Gasteiger partial charge >= 0.3 is 6.09 Å². The summed E-state index contributed by atoms with van der Waals surface area (Å²) < 4.78 is 0. The molecule has 0 unspecified atom stereocenters. The number of pyridine rings is 2. The van der Waals surface area contributed by atoms with Crippen LogP contribution in [-0.2, 0) is 0 Å². The molecular weight excluding hydrogens is 218 g/mol. The summed E-state index contributed by atoms with van der Waals surface area (Å²) in [6.45, 7) is 0. The second kappa shape index (κ2) is 3.70. The molecule has 2 rings (SSSR count). The molecule has 0 aromatic carbocycles. The number of amides is 1. The SMILES string of the molecule is O=C(O)Nc1cc2cnc(Cl)cc2cn1. The molecular formula is C9H6ClN3O2. The van der Waals surface area contributed by atoms with Crippen LogP contribution in [0.1, 0.15) is 0 Å². The monoisotopic (exact) mass is 223 g/mol. The van der Waals surface area contributed by atoms with E-state index in [0.29, 0.717) is 5.15 Å². The molecule has 0 spiro atoms. The first-order chi connectivity index (χ1) is 7.15. The van der Waals surface area contributed by atoms with Gasteiger partial charge in [-0.05, 0) is 12.1 Å². The van der Waals surface area contributed by atoms with Crippen molar-refractivity contribution in [3.8, 4) is 0 Å². The van der Waals surface area contributed by atoms with Gasteiger partial charge in [-0.1, -0.05) is 11.6 Å². The van der Waals surface area contributed by atoms with Gasteiger partial charge in [0.2, 0.25) is 0 Å². The molecule has 2 aromatic heterocycles. The smallest absolute Gasteiger partial charge is 0.410 e. The predicted molar refractivity (Wildman–Crippen MR) is 56.2 cm³/mol. The maximum absolute atomic E-state index is 10.4. The van der Waals surface area contributed by atoms with Crippen molar-refractivity contribution in [2.75, 3.05) is 5.32 Å². The summed E-state index contributed by atoms with van der Waals surface area (Å²) in [6.07, 6.45) is 1.95. The molecule has 0 bridgehead atoms. The maximum atomic E-state index is 10.4. The fourth-order valence-electron chi connectivity index (χ4n) is 1.19. The topological polar surface area (TPSA) is 75.1 Å². The number of rotatable bonds is 1. The zero-order valence-corrected chi connectivity index (χ0v) is 8.19. The zero-order chi connectivity index (χ0) is 10.8. The third kappa shape index (κ3) is 2.13. The van der Waals surface area contributed by atoms with Gasteiger partial charge in [0.25, 0.3) is 0 Å². The summed E-state index contributed by atoms with van der Waals surface area (Å²) >= 11 is 5.69. The molecule has 5 nitrogen and oxygen atoms in total. The second-order valence-corrected chi connectivity index (χ2v) is 3.24. The van der Waals surface area contributed by atoms with Crippen LogP contribution in [0.25, 0.3) is 10.8 Å². The summed E-state index contributed by atoms with van der Waals surface area (Å²) in [4.78, 5) is 18.2. The largest absolute Gasteiger partial charge is 0.465 e. The van der Waals surface area contributed by atoms with E-state index in [4.69, 9.17) is 16.7 Å². The summed E-state index contributed by atoms with van der Waals surface area (Å²) in [5, 5.41) is 12.6. The fourth-order valence-corrected chi connectivity index (χ4v) is 1.35. The van der Waals surface area contributed by atoms with Crippen molar-refractivity contribution >= 4 is 34.3 Å². The molecule has 0 aliphatic heterocycles. The number of fused-ring (bicyclic) bond motifs is 1. The third-order valence-corrected chi connectivity index (χ3v) is 2.01. The Morgan fingerprint density at radius 2 is 1.93 bits per heavy atom. The lowest BCUT2D eigenvalue weighted by Crippen LogP contribution is -2.08. The van der Waals surface area contributed by atoms with E-state index >= 15 is 0 Å². The van der Waals surface area contributed by atoms with E-state index < -0.39 is 6.09 Å². The van der Waals surface area contributed by atoms with Crippen molar-refractivity contribution < 1.29 is 9.90 Å². The van der Waals surface area contributed by atoms with E-state index in [9.17, 15) is 4.79 Å². The van der Waals surface area contributed by atoms with Crippen molar-refractivity contribution in [3.63, 3.8) is 0 Å². The number of nitrogens with one attached hydrogen (secondary N) is 1. The van der Waals surface area contributed by atoms with Gasteiger partial charge in [0.05, 0.1) is 0 Å². The molecule has 0 atom stereocenters. The van der Waals surface area contributed by atoms with Crippen LogP contribution in [0.2, 0.25) is 5.15 Å². The molecule has 2 aromatic rings. The summed E-state index contributed by atoms with van der Waals surface area (Å²) in [5.74, 6) is 0.263. The van der Waals surface area contributed by atoms with E-state index in [0.717, 1.165) is 10.8 Å². The molecule has 15 heavy (non-hydrogen) atoms. The van der Waals surface area contributed by atoms with Crippen molar-refractivity contribution in [1.29, 1.82) is 0 Å². The normalized spacial score (nSPS) is 10.2. The van der Waals surface area contributed by atoms with Crippen LogP contribution in [0.15, 0.2) is 24.5 Å². The minimum atomic E-state index is -1.15. The molecule has 0 aliphatic rings. The number of hydrogen-bond donors (Lipinski definition) is 2. The number of carbonyl (C=O) groups is 1. The van der Waals surface area contributed by atoms with Gasteiger partial charge in [-0.2, -0.15) is 0 Å². The molecule has 0 radical (unpaired) electrons. The van der Waals surface area contributed by atoms with E-state index in [1.54, 1.807) is 18.3 Å². The van der Waals surface area contributed by atoms with E-state index in [2.05, 4.69) is 15.3 Å². The van der Waals surface area contributed by atoms with Crippen molar-refractivity contribution in [3.05, 3.63) is 29.7 Å². The van der Waals surface area contributed by atoms with Gasteiger partial charge in [0.1, 0.15) is 11.0 Å². The lowest BCUT2D eigenvalue weighted by atomic mass is 10.2. The first-order valence-electron chi connectivity index (χ1n) is 4.06. The third-order valence-electron chi connectivity index (χ3n) is 1.80. The van der Waals surface area contributed by atoms with E-state index in [1.807, 2.05) is 0 Å². The fraction of sp³-hybridized carbons (Fsp3) is 0.